The Morgan fingerprint density at radius 1 is 1.58 bits per heavy atom. The van der Waals surface area contributed by atoms with Crippen molar-refractivity contribution in [2.45, 2.75) is 20.0 Å². The fraction of sp³-hybridized carbons (Fsp3) is 0.444. The largest absolute Gasteiger partial charge is 0.457 e. The molecule has 0 saturated carbocycles. The van der Waals surface area contributed by atoms with E-state index < -0.39 is 12.1 Å². The quantitative estimate of drug-likeness (QED) is 0.389. The number of hydrogen-bond acceptors (Lipinski definition) is 3. The van der Waals surface area contributed by atoms with Gasteiger partial charge in [-0.05, 0) is 13.8 Å². The number of aliphatic hydroxyl groups excluding tert-OH is 1. The fourth-order valence-electron chi connectivity index (χ4n) is 0.520. The zero-order chi connectivity index (χ0) is 9.40. The van der Waals surface area contributed by atoms with Gasteiger partial charge in [-0.15, -0.1) is 0 Å². The first-order valence-electron chi connectivity index (χ1n) is 3.81. The molecule has 12 heavy (non-hydrogen) atoms. The van der Waals surface area contributed by atoms with Crippen molar-refractivity contribution in [3.8, 4) is 0 Å². The van der Waals surface area contributed by atoms with Crippen molar-refractivity contribution in [1.29, 1.82) is 0 Å². The highest BCUT2D eigenvalue weighted by Crippen LogP contribution is 1.91. The van der Waals surface area contributed by atoms with Crippen molar-refractivity contribution in [1.82, 2.24) is 0 Å². The highest BCUT2D eigenvalue weighted by atomic mass is 16.5. The third-order valence-electron chi connectivity index (χ3n) is 1.11. The van der Waals surface area contributed by atoms with Crippen LogP contribution in [0.5, 0.6) is 0 Å². The Balaban J connectivity index is 3.73. The molecule has 0 aliphatic heterocycles. The monoisotopic (exact) mass is 170 g/mol. The van der Waals surface area contributed by atoms with E-state index in [2.05, 4.69) is 0 Å². The number of aliphatic hydroxyl groups is 1. The van der Waals surface area contributed by atoms with Crippen LogP contribution in [0, 0.1) is 0 Å². The Morgan fingerprint density at radius 3 is 2.75 bits per heavy atom. The molecule has 0 aromatic heterocycles. The van der Waals surface area contributed by atoms with Gasteiger partial charge in [0.1, 0.15) is 6.10 Å². The number of allylic oxidation sites excluding steroid dienone is 3. The highest BCUT2D eigenvalue weighted by Gasteiger charge is 2.03. The van der Waals surface area contributed by atoms with Crippen LogP contribution in [0.15, 0.2) is 24.3 Å². The van der Waals surface area contributed by atoms with Crippen LogP contribution in [0.3, 0.4) is 0 Å². The van der Waals surface area contributed by atoms with Crippen LogP contribution in [0.1, 0.15) is 13.8 Å². The lowest BCUT2D eigenvalue weighted by Crippen LogP contribution is -2.16. The van der Waals surface area contributed by atoms with Gasteiger partial charge in [-0.1, -0.05) is 18.2 Å². The van der Waals surface area contributed by atoms with Gasteiger partial charge < -0.3 is 9.84 Å². The minimum atomic E-state index is -0.437. The first kappa shape index (κ1) is 10.9. The van der Waals surface area contributed by atoms with Gasteiger partial charge in [0.25, 0.3) is 0 Å². The average Bonchev–Trinajstić information content (AvgIpc) is 2.05. The van der Waals surface area contributed by atoms with Crippen LogP contribution in [-0.2, 0) is 9.53 Å². The molecule has 1 unspecified atom stereocenters. The predicted octanol–water partition coefficient (Wildman–Crippen LogP) is 1.04. The maximum Gasteiger partial charge on any atom is 0.331 e. The van der Waals surface area contributed by atoms with Crippen LogP contribution in [0.4, 0.5) is 0 Å². The topological polar surface area (TPSA) is 46.5 Å². The second-order valence-electron chi connectivity index (χ2n) is 2.31. The summed E-state index contributed by atoms with van der Waals surface area (Å²) in [7, 11) is 0. The Hall–Kier alpha value is -1.09. The van der Waals surface area contributed by atoms with Crippen LogP contribution in [0.2, 0.25) is 0 Å². The molecule has 0 radical (unpaired) electrons. The molecule has 1 N–H and O–H groups in total. The average molecular weight is 170 g/mol. The summed E-state index contributed by atoms with van der Waals surface area (Å²) in [5.74, 6) is -0.436. The predicted molar refractivity (Wildman–Crippen MR) is 46.6 cm³/mol. The number of carbonyl (C=O) groups is 1. The van der Waals surface area contributed by atoms with Gasteiger partial charge in [0.15, 0.2) is 0 Å². The minimum Gasteiger partial charge on any atom is -0.457 e. The van der Waals surface area contributed by atoms with Crippen molar-refractivity contribution in [3.63, 3.8) is 0 Å². The van der Waals surface area contributed by atoms with Gasteiger partial charge in [-0.3, -0.25) is 0 Å². The zero-order valence-electron chi connectivity index (χ0n) is 7.36. The summed E-state index contributed by atoms with van der Waals surface area (Å²) < 4.78 is 4.74. The van der Waals surface area contributed by atoms with Gasteiger partial charge in [-0.25, -0.2) is 4.79 Å². The van der Waals surface area contributed by atoms with E-state index in [0.29, 0.717) is 0 Å². The van der Waals surface area contributed by atoms with Gasteiger partial charge in [0.2, 0.25) is 0 Å². The lowest BCUT2D eigenvalue weighted by Gasteiger charge is -2.06. The van der Waals surface area contributed by atoms with E-state index in [9.17, 15) is 4.79 Å². The highest BCUT2D eigenvalue weighted by molar-refractivity contribution is 5.82. The van der Waals surface area contributed by atoms with E-state index in [4.69, 9.17) is 9.84 Å². The number of hydrogen-bond donors (Lipinski definition) is 1. The summed E-state index contributed by atoms with van der Waals surface area (Å²) in [6.07, 6.45) is 6.00. The molecule has 0 aromatic carbocycles. The maximum absolute atomic E-state index is 10.8. The molecule has 0 fully saturated rings. The third kappa shape index (κ3) is 5.68. The van der Waals surface area contributed by atoms with E-state index in [1.807, 2.05) is 6.92 Å². The molecule has 0 saturated heterocycles. The van der Waals surface area contributed by atoms with Gasteiger partial charge >= 0.3 is 5.97 Å². The third-order valence-corrected chi connectivity index (χ3v) is 1.11. The van der Waals surface area contributed by atoms with Crippen molar-refractivity contribution >= 4 is 5.97 Å². The van der Waals surface area contributed by atoms with Crippen molar-refractivity contribution in [2.75, 3.05) is 6.61 Å². The van der Waals surface area contributed by atoms with E-state index in [1.54, 1.807) is 25.2 Å². The van der Waals surface area contributed by atoms with Crippen LogP contribution in [0.25, 0.3) is 0 Å². The summed E-state index contributed by atoms with van der Waals surface area (Å²) in [5.41, 5.74) is 0. The minimum absolute atomic E-state index is 0.150. The molecule has 0 rings (SSSR count). The molecular formula is C9H14O3. The van der Waals surface area contributed by atoms with Gasteiger partial charge in [0, 0.05) is 6.08 Å². The van der Waals surface area contributed by atoms with Crippen LogP contribution in [-0.4, -0.2) is 23.8 Å². The van der Waals surface area contributed by atoms with Crippen LogP contribution < -0.4 is 0 Å². The summed E-state index contributed by atoms with van der Waals surface area (Å²) in [4.78, 5) is 10.8. The molecule has 0 spiro atoms. The lowest BCUT2D eigenvalue weighted by atomic mass is 10.4. The maximum atomic E-state index is 10.8. The first-order chi connectivity index (χ1) is 5.70. The Morgan fingerprint density at radius 2 is 2.25 bits per heavy atom. The number of carbonyl (C=O) groups excluding carboxylic acids is 1. The normalized spacial score (nSPS) is 13.9. The standard InChI is InChI=1S/C9H14O3/c1-3-4-5-6-9(11)12-8(2)7-10/h3-6,8,10H,7H2,1-2H3. The van der Waals surface area contributed by atoms with Gasteiger partial charge in [0.05, 0.1) is 6.61 Å². The van der Waals surface area contributed by atoms with E-state index >= 15 is 0 Å². The SMILES string of the molecule is CC=CC=CC(=O)OC(C)CO. The van der Waals surface area contributed by atoms with E-state index in [-0.39, 0.29) is 6.61 Å². The molecule has 3 heteroatoms. The molecule has 0 amide bonds. The van der Waals surface area contributed by atoms with E-state index in [0.717, 1.165) is 0 Å². The second-order valence-corrected chi connectivity index (χ2v) is 2.31. The molecule has 68 valence electrons. The Kier molecular flexibility index (Phi) is 6.01. The molecule has 3 nitrogen and oxygen atoms in total. The molecular weight excluding hydrogens is 156 g/mol. The first-order valence-corrected chi connectivity index (χ1v) is 3.81. The van der Waals surface area contributed by atoms with Crippen molar-refractivity contribution in [3.05, 3.63) is 24.3 Å². The van der Waals surface area contributed by atoms with Gasteiger partial charge in [-0.2, -0.15) is 0 Å². The molecule has 1 atom stereocenters. The second kappa shape index (κ2) is 6.61. The fourth-order valence-corrected chi connectivity index (χ4v) is 0.520. The number of rotatable bonds is 4. The van der Waals surface area contributed by atoms with E-state index in [1.165, 1.54) is 6.08 Å². The van der Waals surface area contributed by atoms with Crippen molar-refractivity contribution < 1.29 is 14.6 Å². The Labute approximate surface area is 72.3 Å². The molecule has 0 aromatic rings. The summed E-state index contributed by atoms with van der Waals surface area (Å²) >= 11 is 0. The summed E-state index contributed by atoms with van der Waals surface area (Å²) in [6.45, 7) is 3.33. The smallest absolute Gasteiger partial charge is 0.331 e. The molecule has 0 heterocycles. The summed E-state index contributed by atoms with van der Waals surface area (Å²) in [5, 5.41) is 8.54. The van der Waals surface area contributed by atoms with Crippen LogP contribution >= 0.6 is 0 Å². The number of ether oxygens (including phenoxy) is 1. The molecule has 0 aliphatic rings. The Bertz CT molecular complexity index is 182. The molecule has 0 aliphatic carbocycles. The molecule has 0 bridgehead atoms. The zero-order valence-corrected chi connectivity index (χ0v) is 7.36. The lowest BCUT2D eigenvalue weighted by molar-refractivity contribution is -0.143. The van der Waals surface area contributed by atoms with Crippen molar-refractivity contribution in [2.24, 2.45) is 0 Å². The number of esters is 1. The summed E-state index contributed by atoms with van der Waals surface area (Å²) in [6, 6.07) is 0.